The topological polar surface area (TPSA) is 47.6 Å². The molecule has 1 aliphatic rings. The summed E-state index contributed by atoms with van der Waals surface area (Å²) in [5.74, 6) is 0.677. The fraction of sp³-hybridized carbons (Fsp3) is 0.316. The predicted octanol–water partition coefficient (Wildman–Crippen LogP) is 3.81. The van der Waals surface area contributed by atoms with Gasteiger partial charge in [0.05, 0.1) is 6.10 Å². The number of carbonyl (C=O) groups excluding carboxylic acids is 1. The first-order chi connectivity index (χ1) is 11.2. The van der Waals surface area contributed by atoms with Gasteiger partial charge in [-0.05, 0) is 56.2 Å². The van der Waals surface area contributed by atoms with Gasteiger partial charge < -0.3 is 14.8 Å². The maximum atomic E-state index is 12.2. The third kappa shape index (κ3) is 4.33. The van der Waals surface area contributed by atoms with Crippen molar-refractivity contribution in [2.45, 2.75) is 25.9 Å². The molecule has 1 fully saturated rings. The standard InChI is InChI=1S/C19H21NO3/c1-14-4-2-5-15(12-14)19(21)20-16-7-9-17(10-8-16)23-13-18-6-3-11-22-18/h2,4-5,7-10,12,18H,3,6,11,13H2,1H3,(H,20,21)/t18-/m1/s1. The minimum absolute atomic E-state index is 0.110. The Balaban J connectivity index is 1.55. The van der Waals surface area contributed by atoms with Crippen LogP contribution in [0.4, 0.5) is 5.69 Å². The number of benzene rings is 2. The highest BCUT2D eigenvalue weighted by Gasteiger charge is 2.15. The molecule has 0 radical (unpaired) electrons. The van der Waals surface area contributed by atoms with Gasteiger partial charge in [-0.15, -0.1) is 0 Å². The van der Waals surface area contributed by atoms with Gasteiger partial charge in [0.25, 0.3) is 5.91 Å². The molecule has 1 atom stereocenters. The summed E-state index contributed by atoms with van der Waals surface area (Å²) in [7, 11) is 0. The van der Waals surface area contributed by atoms with E-state index in [2.05, 4.69) is 5.32 Å². The Labute approximate surface area is 136 Å². The highest BCUT2D eigenvalue weighted by atomic mass is 16.5. The molecule has 0 aromatic heterocycles. The zero-order valence-electron chi connectivity index (χ0n) is 13.2. The molecule has 4 heteroatoms. The second-order valence-corrected chi connectivity index (χ2v) is 5.79. The Morgan fingerprint density at radius 2 is 2.09 bits per heavy atom. The molecule has 0 unspecified atom stereocenters. The lowest BCUT2D eigenvalue weighted by Gasteiger charge is -2.12. The van der Waals surface area contributed by atoms with E-state index in [1.165, 1.54) is 0 Å². The molecular weight excluding hydrogens is 290 g/mol. The number of hydrogen-bond acceptors (Lipinski definition) is 3. The zero-order valence-corrected chi connectivity index (χ0v) is 13.2. The van der Waals surface area contributed by atoms with Gasteiger partial charge in [0.1, 0.15) is 12.4 Å². The average molecular weight is 311 g/mol. The van der Waals surface area contributed by atoms with Crippen LogP contribution >= 0.6 is 0 Å². The van der Waals surface area contributed by atoms with Crippen LogP contribution in [0.15, 0.2) is 48.5 Å². The molecular formula is C19H21NO3. The number of nitrogens with one attached hydrogen (secondary N) is 1. The first-order valence-corrected chi connectivity index (χ1v) is 7.93. The van der Waals surface area contributed by atoms with E-state index in [9.17, 15) is 4.79 Å². The van der Waals surface area contributed by atoms with E-state index in [0.29, 0.717) is 12.2 Å². The molecule has 1 aliphatic heterocycles. The first-order valence-electron chi connectivity index (χ1n) is 7.93. The number of rotatable bonds is 5. The fourth-order valence-corrected chi connectivity index (χ4v) is 2.59. The molecule has 0 aliphatic carbocycles. The number of ether oxygens (including phenoxy) is 2. The Hall–Kier alpha value is -2.33. The first kappa shape index (κ1) is 15.6. The molecule has 2 aromatic rings. The van der Waals surface area contributed by atoms with Crippen LogP contribution in [0.2, 0.25) is 0 Å². The van der Waals surface area contributed by atoms with Crippen LogP contribution in [0.5, 0.6) is 5.75 Å². The van der Waals surface area contributed by atoms with Crippen LogP contribution in [0.1, 0.15) is 28.8 Å². The maximum Gasteiger partial charge on any atom is 0.255 e. The van der Waals surface area contributed by atoms with Crippen molar-refractivity contribution < 1.29 is 14.3 Å². The van der Waals surface area contributed by atoms with E-state index in [0.717, 1.165) is 36.4 Å². The van der Waals surface area contributed by atoms with Crippen LogP contribution in [0.3, 0.4) is 0 Å². The summed E-state index contributed by atoms with van der Waals surface area (Å²) in [6.45, 7) is 3.38. The Morgan fingerprint density at radius 1 is 1.26 bits per heavy atom. The van der Waals surface area contributed by atoms with Gasteiger partial charge in [-0.2, -0.15) is 0 Å². The number of aryl methyl sites for hydroxylation is 1. The molecule has 2 aromatic carbocycles. The van der Waals surface area contributed by atoms with Crippen LogP contribution in [0, 0.1) is 6.92 Å². The van der Waals surface area contributed by atoms with Crippen molar-refractivity contribution in [2.75, 3.05) is 18.5 Å². The number of carbonyl (C=O) groups is 1. The normalized spacial score (nSPS) is 17.0. The van der Waals surface area contributed by atoms with Crippen molar-refractivity contribution in [3.8, 4) is 5.75 Å². The van der Waals surface area contributed by atoms with Crippen molar-refractivity contribution in [1.82, 2.24) is 0 Å². The molecule has 120 valence electrons. The summed E-state index contributed by atoms with van der Waals surface area (Å²) in [5, 5.41) is 2.89. The smallest absolute Gasteiger partial charge is 0.255 e. The minimum Gasteiger partial charge on any atom is -0.491 e. The lowest BCUT2D eigenvalue weighted by molar-refractivity contribution is 0.0679. The van der Waals surface area contributed by atoms with Gasteiger partial charge in [0, 0.05) is 17.9 Å². The monoisotopic (exact) mass is 311 g/mol. The average Bonchev–Trinajstić information content (AvgIpc) is 3.08. The van der Waals surface area contributed by atoms with Crippen LogP contribution in [0.25, 0.3) is 0 Å². The van der Waals surface area contributed by atoms with Gasteiger partial charge >= 0.3 is 0 Å². The third-order valence-electron chi connectivity index (χ3n) is 3.85. The molecule has 0 bridgehead atoms. The van der Waals surface area contributed by atoms with Gasteiger partial charge in [0.2, 0.25) is 0 Å². The quantitative estimate of drug-likeness (QED) is 0.913. The lowest BCUT2D eigenvalue weighted by Crippen LogP contribution is -2.16. The summed E-state index contributed by atoms with van der Waals surface area (Å²) in [4.78, 5) is 12.2. The molecule has 4 nitrogen and oxygen atoms in total. The minimum atomic E-state index is -0.110. The molecule has 1 amide bonds. The Morgan fingerprint density at radius 3 is 2.78 bits per heavy atom. The zero-order chi connectivity index (χ0) is 16.1. The van der Waals surface area contributed by atoms with Crippen LogP contribution in [-0.2, 0) is 4.74 Å². The molecule has 1 saturated heterocycles. The van der Waals surface area contributed by atoms with Crippen molar-refractivity contribution in [2.24, 2.45) is 0 Å². The van der Waals surface area contributed by atoms with Crippen molar-refractivity contribution in [1.29, 1.82) is 0 Å². The van der Waals surface area contributed by atoms with Crippen molar-refractivity contribution in [3.05, 3.63) is 59.7 Å². The lowest BCUT2D eigenvalue weighted by atomic mass is 10.1. The summed E-state index contributed by atoms with van der Waals surface area (Å²) in [5.41, 5.74) is 2.47. The van der Waals surface area contributed by atoms with E-state index in [1.807, 2.05) is 49.4 Å². The summed E-state index contributed by atoms with van der Waals surface area (Å²) >= 11 is 0. The van der Waals surface area contributed by atoms with Crippen LogP contribution in [-0.4, -0.2) is 25.2 Å². The molecule has 23 heavy (non-hydrogen) atoms. The third-order valence-corrected chi connectivity index (χ3v) is 3.85. The Kier molecular flexibility index (Phi) is 4.93. The van der Waals surface area contributed by atoms with E-state index in [1.54, 1.807) is 6.07 Å². The van der Waals surface area contributed by atoms with Gasteiger partial charge in [0.15, 0.2) is 0 Å². The van der Waals surface area contributed by atoms with Crippen LogP contribution < -0.4 is 10.1 Å². The maximum absolute atomic E-state index is 12.2. The number of anilines is 1. The van der Waals surface area contributed by atoms with E-state index in [4.69, 9.17) is 9.47 Å². The van der Waals surface area contributed by atoms with Crippen molar-refractivity contribution in [3.63, 3.8) is 0 Å². The van der Waals surface area contributed by atoms with Gasteiger partial charge in [-0.25, -0.2) is 0 Å². The second kappa shape index (κ2) is 7.29. The summed E-state index contributed by atoms with van der Waals surface area (Å²) in [6, 6.07) is 14.9. The van der Waals surface area contributed by atoms with E-state index in [-0.39, 0.29) is 12.0 Å². The largest absolute Gasteiger partial charge is 0.491 e. The highest BCUT2D eigenvalue weighted by molar-refractivity contribution is 6.04. The second-order valence-electron chi connectivity index (χ2n) is 5.79. The van der Waals surface area contributed by atoms with E-state index < -0.39 is 0 Å². The highest BCUT2D eigenvalue weighted by Crippen LogP contribution is 2.19. The van der Waals surface area contributed by atoms with Gasteiger partial charge in [-0.3, -0.25) is 4.79 Å². The van der Waals surface area contributed by atoms with Crippen molar-refractivity contribution >= 4 is 11.6 Å². The van der Waals surface area contributed by atoms with Gasteiger partial charge in [-0.1, -0.05) is 17.7 Å². The predicted molar refractivity (Wildman–Crippen MR) is 90.0 cm³/mol. The van der Waals surface area contributed by atoms with E-state index >= 15 is 0 Å². The summed E-state index contributed by atoms with van der Waals surface area (Å²) in [6.07, 6.45) is 2.37. The fourth-order valence-electron chi connectivity index (χ4n) is 2.59. The molecule has 0 spiro atoms. The SMILES string of the molecule is Cc1cccc(C(=O)Nc2ccc(OC[C@H]3CCCO3)cc2)c1. The Bertz CT molecular complexity index is 661. The molecule has 1 N–H and O–H groups in total. The number of amides is 1. The summed E-state index contributed by atoms with van der Waals surface area (Å²) < 4.78 is 11.2. The molecule has 0 saturated carbocycles. The molecule has 1 heterocycles. The number of hydrogen-bond donors (Lipinski definition) is 1. The molecule has 3 rings (SSSR count).